The molecule has 8 heteroatoms. The third-order valence-corrected chi connectivity index (χ3v) is 7.44. The zero-order valence-electron chi connectivity index (χ0n) is 14.3. The van der Waals surface area contributed by atoms with Crippen molar-refractivity contribution in [2.24, 2.45) is 0 Å². The summed E-state index contributed by atoms with van der Waals surface area (Å²) in [6.07, 6.45) is 0.179. The first-order chi connectivity index (χ1) is 9.31. The van der Waals surface area contributed by atoms with Gasteiger partial charge < -0.3 is 23.1 Å². The summed E-state index contributed by atoms with van der Waals surface area (Å²) in [5, 5.41) is 0. The Kier molecular flexibility index (Phi) is 8.29. The van der Waals surface area contributed by atoms with Gasteiger partial charge >= 0.3 is 16.4 Å². The Hall–Kier alpha value is 0.247. The van der Waals surface area contributed by atoms with Crippen LogP contribution >= 0.6 is 7.60 Å². The van der Waals surface area contributed by atoms with Crippen LogP contribution in [0.4, 0.5) is 0 Å². The maximum atomic E-state index is 11.2. The molecule has 0 heterocycles. The summed E-state index contributed by atoms with van der Waals surface area (Å²) >= 11 is 0. The van der Waals surface area contributed by atoms with Crippen LogP contribution < -0.4 is 0 Å². The van der Waals surface area contributed by atoms with Gasteiger partial charge in [0, 0.05) is 18.3 Å². The minimum atomic E-state index is -4.13. The standard InChI is InChI=1S/C13H31O6PSi/c1-8-13(6,7)19-21(17-11(2)3,18-12(4)5)10-9-20(14,15)16/h11-12H,8-10H2,1-7H3,(H2,14,15,16). The molecule has 0 fully saturated rings. The maximum Gasteiger partial charge on any atom is 0.502 e. The number of hydrogen-bond donors (Lipinski definition) is 2. The molecule has 6 nitrogen and oxygen atoms in total. The van der Waals surface area contributed by atoms with Crippen LogP contribution in [0.1, 0.15) is 54.9 Å². The second-order valence-electron chi connectivity index (χ2n) is 6.37. The van der Waals surface area contributed by atoms with Crippen LogP contribution in [0.15, 0.2) is 0 Å². The van der Waals surface area contributed by atoms with Crippen LogP contribution in [-0.2, 0) is 17.8 Å². The van der Waals surface area contributed by atoms with Gasteiger partial charge in [0.15, 0.2) is 0 Å². The Balaban J connectivity index is 5.34. The number of hydrogen-bond acceptors (Lipinski definition) is 4. The molecule has 0 aliphatic carbocycles. The van der Waals surface area contributed by atoms with E-state index in [2.05, 4.69) is 0 Å². The van der Waals surface area contributed by atoms with Crippen LogP contribution in [0.5, 0.6) is 0 Å². The van der Waals surface area contributed by atoms with Crippen molar-refractivity contribution in [3.05, 3.63) is 0 Å². The molecular weight excluding hydrogens is 311 g/mol. The highest BCUT2D eigenvalue weighted by molar-refractivity contribution is 7.51. The Morgan fingerprint density at radius 1 is 1.10 bits per heavy atom. The SMILES string of the molecule is CCC(C)(C)O[Si](CCP(=O)(O)O)(OC(C)C)OC(C)C. The van der Waals surface area contributed by atoms with Crippen molar-refractivity contribution in [3.8, 4) is 0 Å². The van der Waals surface area contributed by atoms with E-state index in [1.54, 1.807) is 0 Å². The van der Waals surface area contributed by atoms with Crippen molar-refractivity contribution in [2.45, 2.75) is 78.7 Å². The molecule has 0 aromatic heterocycles. The number of rotatable bonds is 10. The topological polar surface area (TPSA) is 85.2 Å². The second kappa shape index (κ2) is 8.20. The first kappa shape index (κ1) is 21.2. The molecule has 0 saturated carbocycles. The monoisotopic (exact) mass is 342 g/mol. The van der Waals surface area contributed by atoms with E-state index < -0.39 is 22.0 Å². The van der Waals surface area contributed by atoms with E-state index in [1.807, 2.05) is 48.5 Å². The van der Waals surface area contributed by atoms with Crippen molar-refractivity contribution in [2.75, 3.05) is 6.16 Å². The van der Waals surface area contributed by atoms with Gasteiger partial charge in [-0.2, -0.15) is 0 Å². The molecule has 0 atom stereocenters. The van der Waals surface area contributed by atoms with Crippen molar-refractivity contribution < 1.29 is 27.6 Å². The Labute approximate surface area is 129 Å². The fourth-order valence-corrected chi connectivity index (χ4v) is 6.91. The summed E-state index contributed by atoms with van der Waals surface area (Å²) in [5.74, 6) is 0. The third kappa shape index (κ3) is 9.79. The van der Waals surface area contributed by atoms with Crippen LogP contribution in [0.3, 0.4) is 0 Å². The lowest BCUT2D eigenvalue weighted by Crippen LogP contribution is -2.54. The lowest BCUT2D eigenvalue weighted by Gasteiger charge is -2.39. The molecule has 0 saturated heterocycles. The highest BCUT2D eigenvalue weighted by Crippen LogP contribution is 2.39. The fourth-order valence-electron chi connectivity index (χ4n) is 1.74. The molecular formula is C13H31O6PSi. The second-order valence-corrected chi connectivity index (χ2v) is 10.7. The van der Waals surface area contributed by atoms with E-state index >= 15 is 0 Å². The first-order valence-electron chi connectivity index (χ1n) is 7.41. The molecule has 0 bridgehead atoms. The summed E-state index contributed by atoms with van der Waals surface area (Å²) in [5.41, 5.74) is -0.467. The smallest absolute Gasteiger partial charge is 0.371 e. The van der Waals surface area contributed by atoms with E-state index in [4.69, 9.17) is 13.3 Å². The van der Waals surface area contributed by atoms with Gasteiger partial charge in [-0.3, -0.25) is 4.57 Å². The van der Waals surface area contributed by atoms with Crippen molar-refractivity contribution in [3.63, 3.8) is 0 Å². The zero-order valence-corrected chi connectivity index (χ0v) is 16.1. The minimum Gasteiger partial charge on any atom is -0.371 e. The van der Waals surface area contributed by atoms with E-state index in [1.165, 1.54) is 0 Å². The summed E-state index contributed by atoms with van der Waals surface area (Å²) in [7, 11) is -7.31. The first-order valence-corrected chi connectivity index (χ1v) is 11.1. The highest BCUT2D eigenvalue weighted by atomic mass is 31.2. The average molecular weight is 342 g/mol. The molecule has 0 aromatic carbocycles. The van der Waals surface area contributed by atoms with E-state index in [-0.39, 0.29) is 24.4 Å². The maximum absolute atomic E-state index is 11.2. The normalized spacial score (nSPS) is 14.2. The average Bonchev–Trinajstić information content (AvgIpc) is 2.23. The minimum absolute atomic E-state index is 0.108. The summed E-state index contributed by atoms with van der Waals surface area (Å²) < 4.78 is 29.2. The highest BCUT2D eigenvalue weighted by Gasteiger charge is 2.48. The summed E-state index contributed by atoms with van der Waals surface area (Å²) in [4.78, 5) is 18.3. The van der Waals surface area contributed by atoms with Crippen molar-refractivity contribution in [1.82, 2.24) is 0 Å². The van der Waals surface area contributed by atoms with Gasteiger partial charge in [-0.05, 0) is 48.0 Å². The van der Waals surface area contributed by atoms with E-state index in [0.717, 1.165) is 6.42 Å². The van der Waals surface area contributed by atoms with Gasteiger partial charge in [0.25, 0.3) is 0 Å². The molecule has 0 aromatic rings. The Morgan fingerprint density at radius 3 is 1.81 bits per heavy atom. The van der Waals surface area contributed by atoms with Gasteiger partial charge in [-0.1, -0.05) is 6.92 Å². The van der Waals surface area contributed by atoms with Crippen LogP contribution in [0, 0.1) is 0 Å². The van der Waals surface area contributed by atoms with Gasteiger partial charge in [-0.25, -0.2) is 0 Å². The summed E-state index contributed by atoms with van der Waals surface area (Å²) in [6.45, 7) is 13.3. The van der Waals surface area contributed by atoms with Gasteiger partial charge in [-0.15, -0.1) is 0 Å². The van der Waals surface area contributed by atoms with Crippen LogP contribution in [0.2, 0.25) is 6.04 Å². The Bertz CT molecular complexity index is 343. The van der Waals surface area contributed by atoms with E-state index in [9.17, 15) is 14.4 Å². The predicted molar refractivity (Wildman–Crippen MR) is 85.4 cm³/mol. The van der Waals surface area contributed by atoms with Crippen LogP contribution in [-0.4, -0.2) is 42.6 Å². The Morgan fingerprint density at radius 2 is 1.52 bits per heavy atom. The van der Waals surface area contributed by atoms with Crippen LogP contribution in [0.25, 0.3) is 0 Å². The van der Waals surface area contributed by atoms with Gasteiger partial charge in [0.2, 0.25) is 0 Å². The largest absolute Gasteiger partial charge is 0.502 e. The molecule has 0 rings (SSSR count). The predicted octanol–water partition coefficient (Wildman–Crippen LogP) is 3.16. The quantitative estimate of drug-likeness (QED) is 0.468. The molecule has 0 unspecified atom stereocenters. The van der Waals surface area contributed by atoms with Crippen molar-refractivity contribution >= 4 is 16.4 Å². The van der Waals surface area contributed by atoms with Crippen molar-refractivity contribution in [1.29, 1.82) is 0 Å². The molecule has 0 radical (unpaired) electrons. The third-order valence-electron chi connectivity index (χ3n) is 2.82. The van der Waals surface area contributed by atoms with E-state index in [0.29, 0.717) is 0 Å². The molecule has 128 valence electrons. The van der Waals surface area contributed by atoms with Gasteiger partial charge in [0.05, 0.1) is 11.8 Å². The molecule has 0 aliphatic heterocycles. The molecule has 0 spiro atoms. The lowest BCUT2D eigenvalue weighted by atomic mass is 10.1. The molecule has 2 N–H and O–H groups in total. The molecule has 21 heavy (non-hydrogen) atoms. The summed E-state index contributed by atoms with van der Waals surface area (Å²) in [6, 6.07) is 0.108. The molecule has 0 aliphatic rings. The molecule has 0 amide bonds. The van der Waals surface area contributed by atoms with Gasteiger partial charge in [0.1, 0.15) is 0 Å². The fraction of sp³-hybridized carbons (Fsp3) is 1.00. The lowest BCUT2D eigenvalue weighted by molar-refractivity contribution is -0.0377. The zero-order chi connectivity index (χ0) is 16.9.